The van der Waals surface area contributed by atoms with E-state index in [0.717, 1.165) is 28.1 Å². The molecule has 0 saturated heterocycles. The van der Waals surface area contributed by atoms with Crippen LogP contribution in [-0.2, 0) is 0 Å². The molecule has 2 heterocycles. The van der Waals surface area contributed by atoms with Crippen LogP contribution in [0.25, 0.3) is 0 Å². The van der Waals surface area contributed by atoms with Crippen LogP contribution < -0.4 is 10.6 Å². The van der Waals surface area contributed by atoms with Crippen molar-refractivity contribution >= 4 is 11.6 Å². The molecule has 1 amide bonds. The molecule has 116 valence electrons. The highest BCUT2D eigenvalue weighted by Crippen LogP contribution is 2.29. The molecule has 0 aliphatic rings. The fourth-order valence-electron chi connectivity index (χ4n) is 2.55. The largest absolute Gasteiger partial charge is 0.387 e. The zero-order chi connectivity index (χ0) is 16.3. The first-order chi connectivity index (χ1) is 10.5. The number of anilines is 1. The lowest BCUT2D eigenvalue weighted by atomic mass is 9.93. The van der Waals surface area contributed by atoms with Crippen molar-refractivity contribution in [3.63, 3.8) is 0 Å². The van der Waals surface area contributed by atoms with Gasteiger partial charge in [-0.05, 0) is 42.7 Å². The molecule has 22 heavy (non-hydrogen) atoms. The van der Waals surface area contributed by atoms with Gasteiger partial charge in [-0.3, -0.25) is 9.78 Å². The predicted octanol–water partition coefficient (Wildman–Crippen LogP) is 2.65. The molecule has 0 radical (unpaired) electrons. The van der Waals surface area contributed by atoms with Crippen molar-refractivity contribution in [1.82, 2.24) is 15.3 Å². The molecular weight excluding hydrogens is 276 g/mol. The predicted molar refractivity (Wildman–Crippen MR) is 88.4 cm³/mol. The molecule has 5 heteroatoms. The number of rotatable bonds is 4. The summed E-state index contributed by atoms with van der Waals surface area (Å²) in [4.78, 5) is 20.7. The summed E-state index contributed by atoms with van der Waals surface area (Å²) < 4.78 is 0. The van der Waals surface area contributed by atoms with Crippen molar-refractivity contribution in [2.45, 2.75) is 26.7 Å². The van der Waals surface area contributed by atoms with Crippen LogP contribution in [-0.4, -0.2) is 30.0 Å². The van der Waals surface area contributed by atoms with Gasteiger partial charge in [-0.1, -0.05) is 6.92 Å². The van der Waals surface area contributed by atoms with Crippen LogP contribution in [0.3, 0.4) is 0 Å². The number of nitrogens with zero attached hydrogens (tertiary/aromatic N) is 2. The summed E-state index contributed by atoms with van der Waals surface area (Å²) in [7, 11) is 3.49. The molecule has 0 bridgehead atoms. The summed E-state index contributed by atoms with van der Waals surface area (Å²) in [5, 5.41) is 5.77. The minimum atomic E-state index is -0.170. The van der Waals surface area contributed by atoms with E-state index in [4.69, 9.17) is 0 Å². The highest BCUT2D eigenvalue weighted by molar-refractivity contribution is 5.92. The highest BCUT2D eigenvalue weighted by atomic mass is 16.1. The molecule has 2 N–H and O–H groups in total. The standard InChI is InChI=1S/C17H22N4O/c1-10-6-14(21-15(7-10)17(22)19-5)11(2)13-8-20-9-16(18-4)12(13)3/h6-9,11,18H,1-5H3,(H,19,22). The number of pyridine rings is 2. The first-order valence-corrected chi connectivity index (χ1v) is 7.30. The number of carbonyl (C=O) groups excluding carboxylic acids is 1. The molecule has 1 atom stereocenters. The van der Waals surface area contributed by atoms with Crippen LogP contribution in [0.4, 0.5) is 5.69 Å². The van der Waals surface area contributed by atoms with Crippen molar-refractivity contribution in [2.75, 3.05) is 19.4 Å². The van der Waals surface area contributed by atoms with Gasteiger partial charge in [0.15, 0.2) is 0 Å². The van der Waals surface area contributed by atoms with E-state index in [9.17, 15) is 4.79 Å². The van der Waals surface area contributed by atoms with Crippen LogP contribution in [0.15, 0.2) is 24.5 Å². The van der Waals surface area contributed by atoms with Crippen molar-refractivity contribution in [2.24, 2.45) is 0 Å². The quantitative estimate of drug-likeness (QED) is 0.910. The second kappa shape index (κ2) is 6.56. The van der Waals surface area contributed by atoms with Gasteiger partial charge in [0.1, 0.15) is 5.69 Å². The highest BCUT2D eigenvalue weighted by Gasteiger charge is 2.17. The average Bonchev–Trinajstić information content (AvgIpc) is 2.53. The molecule has 0 fully saturated rings. The third kappa shape index (κ3) is 3.08. The van der Waals surface area contributed by atoms with Crippen molar-refractivity contribution in [3.05, 3.63) is 52.6 Å². The van der Waals surface area contributed by atoms with E-state index in [-0.39, 0.29) is 11.8 Å². The van der Waals surface area contributed by atoms with Gasteiger partial charge >= 0.3 is 0 Å². The molecule has 2 aromatic heterocycles. The lowest BCUT2D eigenvalue weighted by molar-refractivity contribution is 0.0958. The van der Waals surface area contributed by atoms with E-state index >= 15 is 0 Å². The van der Waals surface area contributed by atoms with Crippen LogP contribution in [0.1, 0.15) is 45.7 Å². The van der Waals surface area contributed by atoms with Gasteiger partial charge in [0.25, 0.3) is 5.91 Å². The minimum Gasteiger partial charge on any atom is -0.387 e. The first kappa shape index (κ1) is 15.9. The monoisotopic (exact) mass is 298 g/mol. The maximum Gasteiger partial charge on any atom is 0.269 e. The molecule has 0 aliphatic carbocycles. The van der Waals surface area contributed by atoms with Gasteiger partial charge in [0.05, 0.1) is 11.9 Å². The third-order valence-corrected chi connectivity index (χ3v) is 3.88. The van der Waals surface area contributed by atoms with Crippen molar-refractivity contribution < 1.29 is 4.79 Å². The normalized spacial score (nSPS) is 11.9. The maximum absolute atomic E-state index is 11.8. The second-order valence-electron chi connectivity index (χ2n) is 5.41. The van der Waals surface area contributed by atoms with Gasteiger partial charge in [-0.15, -0.1) is 0 Å². The summed E-state index contributed by atoms with van der Waals surface area (Å²) in [5.41, 5.74) is 5.59. The zero-order valence-corrected chi connectivity index (χ0v) is 13.7. The van der Waals surface area contributed by atoms with Gasteiger partial charge < -0.3 is 10.6 Å². The molecule has 0 aliphatic heterocycles. The van der Waals surface area contributed by atoms with Crippen LogP contribution >= 0.6 is 0 Å². The Balaban J connectivity index is 2.48. The van der Waals surface area contributed by atoms with E-state index in [0.29, 0.717) is 5.69 Å². The topological polar surface area (TPSA) is 66.9 Å². The fourth-order valence-corrected chi connectivity index (χ4v) is 2.55. The Morgan fingerprint density at radius 3 is 2.55 bits per heavy atom. The Morgan fingerprint density at radius 1 is 1.18 bits per heavy atom. The SMILES string of the molecule is CNC(=O)c1cc(C)cc(C(C)c2cncc(NC)c2C)n1. The summed E-state index contributed by atoms with van der Waals surface area (Å²) in [6, 6.07) is 3.81. The number of hydrogen-bond acceptors (Lipinski definition) is 4. The lowest BCUT2D eigenvalue weighted by Gasteiger charge is -2.17. The Morgan fingerprint density at radius 2 is 1.91 bits per heavy atom. The van der Waals surface area contributed by atoms with Gasteiger partial charge in [0, 0.05) is 31.9 Å². The van der Waals surface area contributed by atoms with Gasteiger partial charge in [-0.2, -0.15) is 0 Å². The number of nitrogens with one attached hydrogen (secondary N) is 2. The molecule has 5 nitrogen and oxygen atoms in total. The average molecular weight is 298 g/mol. The maximum atomic E-state index is 11.8. The van der Waals surface area contributed by atoms with E-state index in [1.807, 2.05) is 32.4 Å². The van der Waals surface area contributed by atoms with E-state index in [1.54, 1.807) is 13.1 Å². The number of hydrogen-bond donors (Lipinski definition) is 2. The molecule has 0 spiro atoms. The Hall–Kier alpha value is -2.43. The Kier molecular flexibility index (Phi) is 4.75. The summed E-state index contributed by atoms with van der Waals surface area (Å²) in [5.74, 6) is -0.111. The summed E-state index contributed by atoms with van der Waals surface area (Å²) in [6.45, 7) is 6.12. The van der Waals surface area contributed by atoms with Crippen molar-refractivity contribution in [1.29, 1.82) is 0 Å². The first-order valence-electron chi connectivity index (χ1n) is 7.30. The van der Waals surface area contributed by atoms with E-state index in [1.165, 1.54) is 0 Å². The molecule has 0 aromatic carbocycles. The van der Waals surface area contributed by atoms with Crippen LogP contribution in [0, 0.1) is 13.8 Å². The van der Waals surface area contributed by atoms with E-state index < -0.39 is 0 Å². The van der Waals surface area contributed by atoms with Crippen LogP contribution in [0.2, 0.25) is 0 Å². The fraction of sp³-hybridized carbons (Fsp3) is 0.353. The molecule has 0 saturated carbocycles. The molecular formula is C17H22N4O. The molecule has 2 aromatic rings. The Bertz CT molecular complexity index is 697. The Labute approximate surface area is 131 Å². The van der Waals surface area contributed by atoms with Gasteiger partial charge in [0.2, 0.25) is 0 Å². The number of carbonyl (C=O) groups is 1. The zero-order valence-electron chi connectivity index (χ0n) is 13.7. The van der Waals surface area contributed by atoms with Crippen molar-refractivity contribution in [3.8, 4) is 0 Å². The van der Waals surface area contributed by atoms with Crippen LogP contribution in [0.5, 0.6) is 0 Å². The second-order valence-corrected chi connectivity index (χ2v) is 5.41. The molecule has 2 rings (SSSR count). The lowest BCUT2D eigenvalue weighted by Crippen LogP contribution is -2.20. The summed E-state index contributed by atoms with van der Waals surface area (Å²) in [6.07, 6.45) is 3.68. The third-order valence-electron chi connectivity index (χ3n) is 3.88. The number of amides is 1. The van der Waals surface area contributed by atoms with E-state index in [2.05, 4.69) is 34.4 Å². The number of aryl methyl sites for hydroxylation is 1. The molecule has 1 unspecified atom stereocenters. The van der Waals surface area contributed by atoms with Gasteiger partial charge in [-0.25, -0.2) is 4.98 Å². The number of aromatic nitrogens is 2. The summed E-state index contributed by atoms with van der Waals surface area (Å²) >= 11 is 0. The smallest absolute Gasteiger partial charge is 0.269 e. The minimum absolute atomic E-state index is 0.0594.